The van der Waals surface area contributed by atoms with Crippen LogP contribution >= 0.6 is 0 Å². The number of nitrogens with zero attached hydrogens (tertiary/aromatic N) is 6. The molecule has 0 spiro atoms. The monoisotopic (exact) mass is 419 g/mol. The lowest BCUT2D eigenvalue weighted by atomic mass is 10.1. The van der Waals surface area contributed by atoms with Gasteiger partial charge in [0.2, 0.25) is 11.9 Å². The van der Waals surface area contributed by atoms with Crippen LogP contribution in [-0.2, 0) is 11.8 Å². The van der Waals surface area contributed by atoms with Crippen molar-refractivity contribution in [3.63, 3.8) is 0 Å². The van der Waals surface area contributed by atoms with Crippen molar-refractivity contribution in [3.8, 4) is 0 Å². The molecule has 3 atom stereocenters. The molecule has 2 bridgehead atoms. The minimum Gasteiger partial charge on any atom is -0.352 e. The van der Waals surface area contributed by atoms with Gasteiger partial charge in [-0.3, -0.25) is 9.48 Å². The fourth-order valence-electron chi connectivity index (χ4n) is 4.31. The smallest absolute Gasteiger partial charge is 0.260 e. The summed E-state index contributed by atoms with van der Waals surface area (Å²) in [5.74, 6) is -3.07. The number of fused-ring (bicyclic) bond motifs is 2. The van der Waals surface area contributed by atoms with Crippen molar-refractivity contribution in [3.05, 3.63) is 24.7 Å². The lowest BCUT2D eigenvalue weighted by Crippen LogP contribution is -2.56. The molecule has 2 aliphatic heterocycles. The second-order valence-electron chi connectivity index (χ2n) is 7.82. The molecular formula is C20H27F2N7O. The number of aromatic nitrogens is 4. The number of hydrogen-bond donors (Lipinski definition) is 1. The normalized spacial score (nSPS) is 26.1. The molecule has 0 radical (unpaired) electrons. The number of aryl methyl sites for hydroxylation is 1. The van der Waals surface area contributed by atoms with E-state index < -0.39 is 11.8 Å². The summed E-state index contributed by atoms with van der Waals surface area (Å²) in [5.41, 5.74) is 0.792. The van der Waals surface area contributed by atoms with E-state index in [0.717, 1.165) is 24.3 Å². The Balaban J connectivity index is 0.00000106. The number of piperazine rings is 1. The average Bonchev–Trinajstić information content (AvgIpc) is 3.04. The zero-order valence-corrected chi connectivity index (χ0v) is 17.4. The Morgan fingerprint density at radius 1 is 1.23 bits per heavy atom. The van der Waals surface area contributed by atoms with E-state index in [-0.39, 0.29) is 24.4 Å². The van der Waals surface area contributed by atoms with Gasteiger partial charge in [-0.2, -0.15) is 10.1 Å². The Labute approximate surface area is 174 Å². The third kappa shape index (κ3) is 3.82. The zero-order valence-electron chi connectivity index (χ0n) is 17.4. The van der Waals surface area contributed by atoms with Crippen LogP contribution in [0, 0.1) is 5.92 Å². The topological polar surface area (TPSA) is 79.2 Å². The molecule has 5 rings (SSSR count). The van der Waals surface area contributed by atoms with Crippen LogP contribution in [0.5, 0.6) is 0 Å². The van der Waals surface area contributed by atoms with Gasteiger partial charge in [0.15, 0.2) is 0 Å². The molecule has 4 heterocycles. The molecule has 1 aliphatic carbocycles. The third-order valence-corrected chi connectivity index (χ3v) is 5.79. The second kappa shape index (κ2) is 7.81. The molecule has 1 N–H and O–H groups in total. The lowest BCUT2D eigenvalue weighted by Gasteiger charge is -2.41. The Bertz CT molecular complexity index is 904. The molecule has 1 saturated carbocycles. The predicted octanol–water partition coefficient (Wildman–Crippen LogP) is 2.81. The van der Waals surface area contributed by atoms with Crippen LogP contribution < -0.4 is 10.2 Å². The summed E-state index contributed by atoms with van der Waals surface area (Å²) < 4.78 is 28.4. The van der Waals surface area contributed by atoms with E-state index in [9.17, 15) is 13.6 Å². The van der Waals surface area contributed by atoms with E-state index >= 15 is 0 Å². The number of hydrogen-bond acceptors (Lipinski definition) is 6. The van der Waals surface area contributed by atoms with E-state index in [4.69, 9.17) is 0 Å². The Morgan fingerprint density at radius 3 is 2.47 bits per heavy atom. The minimum atomic E-state index is -2.81. The molecule has 30 heavy (non-hydrogen) atoms. The van der Waals surface area contributed by atoms with E-state index in [1.54, 1.807) is 22.0 Å². The highest BCUT2D eigenvalue weighted by Gasteiger charge is 2.64. The SMILES string of the molecule is CC.Cn1cc(Nc2nccc(N3CC4CC[C@@H](C3)N4C(=O)C3CC3(F)F)n2)cn1. The predicted molar refractivity (Wildman–Crippen MR) is 109 cm³/mol. The van der Waals surface area contributed by atoms with Gasteiger partial charge in [-0.1, -0.05) is 13.8 Å². The van der Waals surface area contributed by atoms with E-state index in [1.807, 2.05) is 33.2 Å². The van der Waals surface area contributed by atoms with Gasteiger partial charge in [0.25, 0.3) is 5.92 Å². The average molecular weight is 419 g/mol. The van der Waals surface area contributed by atoms with Crippen LogP contribution in [0.2, 0.25) is 0 Å². The van der Waals surface area contributed by atoms with Crippen molar-refractivity contribution < 1.29 is 13.6 Å². The van der Waals surface area contributed by atoms with Crippen LogP contribution in [-0.4, -0.2) is 61.7 Å². The molecule has 2 aromatic rings. The molecule has 3 fully saturated rings. The third-order valence-electron chi connectivity index (χ3n) is 5.79. The van der Waals surface area contributed by atoms with Crippen molar-refractivity contribution >= 4 is 23.4 Å². The van der Waals surface area contributed by atoms with Crippen molar-refractivity contribution in [1.29, 1.82) is 0 Å². The van der Waals surface area contributed by atoms with Crippen LogP contribution in [0.3, 0.4) is 0 Å². The summed E-state index contributed by atoms with van der Waals surface area (Å²) in [4.78, 5) is 25.2. The summed E-state index contributed by atoms with van der Waals surface area (Å²) >= 11 is 0. The number of carbonyl (C=O) groups is 1. The van der Waals surface area contributed by atoms with E-state index in [0.29, 0.717) is 19.0 Å². The van der Waals surface area contributed by atoms with Crippen LogP contribution in [0.4, 0.5) is 26.2 Å². The molecule has 1 amide bonds. The Kier molecular flexibility index (Phi) is 5.33. The molecule has 2 saturated heterocycles. The van der Waals surface area contributed by atoms with Crippen molar-refractivity contribution in [2.45, 2.75) is 51.1 Å². The molecular weight excluding hydrogens is 392 g/mol. The molecule has 2 aromatic heterocycles. The van der Waals surface area contributed by atoms with Gasteiger partial charge in [0.05, 0.1) is 11.9 Å². The number of nitrogens with one attached hydrogen (secondary N) is 1. The van der Waals surface area contributed by atoms with Gasteiger partial charge in [-0.15, -0.1) is 0 Å². The summed E-state index contributed by atoms with van der Waals surface area (Å²) in [7, 11) is 1.83. The van der Waals surface area contributed by atoms with E-state index in [1.165, 1.54) is 0 Å². The van der Waals surface area contributed by atoms with Gasteiger partial charge in [-0.25, -0.2) is 13.8 Å². The van der Waals surface area contributed by atoms with E-state index in [2.05, 4.69) is 25.3 Å². The first-order chi connectivity index (χ1) is 14.4. The van der Waals surface area contributed by atoms with Crippen molar-refractivity contribution in [2.24, 2.45) is 13.0 Å². The number of carbonyl (C=O) groups excluding carboxylic acids is 1. The highest BCUT2D eigenvalue weighted by Crippen LogP contribution is 2.51. The fraction of sp³-hybridized carbons (Fsp3) is 0.600. The molecule has 8 nitrogen and oxygen atoms in total. The second-order valence-corrected chi connectivity index (χ2v) is 7.82. The highest BCUT2D eigenvalue weighted by atomic mass is 19.3. The highest BCUT2D eigenvalue weighted by molar-refractivity contribution is 5.84. The molecule has 2 unspecified atom stereocenters. The van der Waals surface area contributed by atoms with Gasteiger partial charge >= 0.3 is 0 Å². The Morgan fingerprint density at radius 2 is 1.90 bits per heavy atom. The molecule has 0 aromatic carbocycles. The maximum atomic E-state index is 13.4. The number of alkyl halides is 2. The summed E-state index contributed by atoms with van der Waals surface area (Å²) in [6.07, 6.45) is 6.59. The first-order valence-electron chi connectivity index (χ1n) is 10.4. The standard InChI is InChI=1S/C18H21F2N7O.C2H6/c1-25-8-11(7-22-25)23-17-21-5-4-15(24-17)26-9-12-2-3-13(10-26)27(12)16(28)14-6-18(14,19)20;1-2/h4-5,7-8,12-14H,2-3,6,9-10H2,1H3,(H,21,23,24);1-2H3/t12-,13?,14?;/m0./s1. The summed E-state index contributed by atoms with van der Waals surface area (Å²) in [6, 6.07) is 1.76. The summed E-state index contributed by atoms with van der Waals surface area (Å²) in [6.45, 7) is 5.20. The van der Waals surface area contributed by atoms with Crippen molar-refractivity contribution in [2.75, 3.05) is 23.3 Å². The number of anilines is 3. The zero-order chi connectivity index (χ0) is 21.5. The number of amides is 1. The molecule has 10 heteroatoms. The van der Waals surface area contributed by atoms with Crippen molar-refractivity contribution in [1.82, 2.24) is 24.6 Å². The maximum Gasteiger partial charge on any atom is 0.260 e. The largest absolute Gasteiger partial charge is 0.352 e. The van der Waals surface area contributed by atoms with Gasteiger partial charge in [0, 0.05) is 51.0 Å². The fourth-order valence-corrected chi connectivity index (χ4v) is 4.31. The summed E-state index contributed by atoms with van der Waals surface area (Å²) in [5, 5.41) is 7.23. The number of halogens is 2. The maximum absolute atomic E-state index is 13.4. The van der Waals surface area contributed by atoms with Gasteiger partial charge in [0.1, 0.15) is 11.7 Å². The quantitative estimate of drug-likeness (QED) is 0.821. The lowest BCUT2D eigenvalue weighted by molar-refractivity contribution is -0.138. The van der Waals surface area contributed by atoms with Crippen LogP contribution in [0.25, 0.3) is 0 Å². The van der Waals surface area contributed by atoms with Crippen LogP contribution in [0.15, 0.2) is 24.7 Å². The molecule has 162 valence electrons. The Hall–Kier alpha value is -2.78. The number of rotatable bonds is 4. The minimum absolute atomic E-state index is 0.0349. The van der Waals surface area contributed by atoms with Crippen LogP contribution in [0.1, 0.15) is 33.1 Å². The molecule has 3 aliphatic rings. The van der Waals surface area contributed by atoms with Gasteiger partial charge in [-0.05, 0) is 18.9 Å². The first kappa shape index (κ1) is 20.5. The van der Waals surface area contributed by atoms with Gasteiger partial charge < -0.3 is 15.1 Å². The first-order valence-corrected chi connectivity index (χ1v) is 10.4.